The Morgan fingerprint density at radius 2 is 1.37 bits per heavy atom. The van der Waals surface area contributed by atoms with Crippen molar-refractivity contribution in [1.82, 2.24) is 0 Å². The van der Waals surface area contributed by atoms with Gasteiger partial charge in [-0.2, -0.15) is 8.42 Å². The second kappa shape index (κ2) is 14.4. The molecule has 0 rings (SSSR count). The summed E-state index contributed by atoms with van der Waals surface area (Å²) in [5.74, 6) is -3.88. The Labute approximate surface area is 190 Å². The van der Waals surface area contributed by atoms with Crippen LogP contribution in [0.15, 0.2) is 24.3 Å². The fraction of sp³-hybridized carbons (Fsp3) is 0.632. The van der Waals surface area contributed by atoms with Crippen LogP contribution in [0.5, 0.6) is 0 Å². The molecule has 0 aromatic carbocycles. The van der Waals surface area contributed by atoms with E-state index in [4.69, 9.17) is 18.8 Å². The topological polar surface area (TPSA) is 133 Å². The molecule has 0 aromatic heterocycles. The van der Waals surface area contributed by atoms with Crippen molar-refractivity contribution in [3.05, 3.63) is 24.3 Å². The summed E-state index contributed by atoms with van der Waals surface area (Å²) in [5.41, 5.74) is -1.46. The fourth-order valence-electron chi connectivity index (χ4n) is 2.23. The molecule has 30 heavy (non-hydrogen) atoms. The van der Waals surface area contributed by atoms with Gasteiger partial charge in [0.05, 0.1) is 0 Å². The Bertz CT molecular complexity index is 698. The number of esters is 3. The fourth-order valence-corrected chi connectivity index (χ4v) is 2.49. The van der Waals surface area contributed by atoms with Gasteiger partial charge in [-0.3, -0.25) is 9.35 Å². The number of ether oxygens (including phenoxy) is 3. The molecule has 0 amide bonds. The SMILES string of the molecule is C=C(C)C(=O)OCC(CCCCCC)(COC(=O)C(=C)C)C(=O)OCS(=O)(=O)O.[LiH]. The molecular formula is C19H31LiO9S. The summed E-state index contributed by atoms with van der Waals surface area (Å²) in [4.78, 5) is 36.4. The van der Waals surface area contributed by atoms with Crippen molar-refractivity contribution < 1.29 is 41.6 Å². The third-order valence-corrected chi connectivity index (χ3v) is 4.35. The van der Waals surface area contributed by atoms with Crippen LogP contribution in [0.1, 0.15) is 52.9 Å². The zero-order valence-electron chi connectivity index (χ0n) is 17.2. The van der Waals surface area contributed by atoms with Crippen LogP contribution in [0.2, 0.25) is 0 Å². The van der Waals surface area contributed by atoms with E-state index in [0.29, 0.717) is 6.42 Å². The van der Waals surface area contributed by atoms with E-state index in [0.717, 1.165) is 19.3 Å². The van der Waals surface area contributed by atoms with Gasteiger partial charge < -0.3 is 14.2 Å². The van der Waals surface area contributed by atoms with E-state index in [1.807, 2.05) is 6.92 Å². The van der Waals surface area contributed by atoms with Crippen LogP contribution in [0.25, 0.3) is 0 Å². The summed E-state index contributed by atoms with van der Waals surface area (Å²) >= 11 is 0. The summed E-state index contributed by atoms with van der Waals surface area (Å²) < 4.78 is 45.7. The summed E-state index contributed by atoms with van der Waals surface area (Å²) in [6.45, 7) is 10.7. The molecule has 0 heterocycles. The van der Waals surface area contributed by atoms with E-state index >= 15 is 0 Å². The minimum atomic E-state index is -4.58. The second-order valence-corrected chi connectivity index (χ2v) is 8.34. The molecule has 0 aliphatic carbocycles. The molecule has 9 nitrogen and oxygen atoms in total. The maximum absolute atomic E-state index is 12.7. The Kier molecular flexibility index (Phi) is 14.7. The Morgan fingerprint density at radius 3 is 1.73 bits per heavy atom. The van der Waals surface area contributed by atoms with Gasteiger partial charge in [0.1, 0.15) is 18.6 Å². The first kappa shape index (κ1) is 30.6. The van der Waals surface area contributed by atoms with Crippen LogP contribution in [0.4, 0.5) is 0 Å². The predicted octanol–water partition coefficient (Wildman–Crippen LogP) is 1.92. The molecule has 0 unspecified atom stereocenters. The summed E-state index contributed by atoms with van der Waals surface area (Å²) in [7, 11) is -4.58. The third kappa shape index (κ3) is 12.2. The quantitative estimate of drug-likeness (QED) is 0.107. The van der Waals surface area contributed by atoms with Crippen LogP contribution in [0, 0.1) is 5.41 Å². The van der Waals surface area contributed by atoms with Gasteiger partial charge in [-0.25, -0.2) is 9.59 Å². The Morgan fingerprint density at radius 1 is 0.900 bits per heavy atom. The third-order valence-electron chi connectivity index (χ3n) is 3.94. The molecular weight excluding hydrogens is 411 g/mol. The van der Waals surface area contributed by atoms with Gasteiger partial charge in [-0.1, -0.05) is 45.8 Å². The average Bonchev–Trinajstić information content (AvgIpc) is 2.63. The zero-order chi connectivity index (χ0) is 22.7. The normalized spacial score (nSPS) is 11.1. The first-order valence-electron chi connectivity index (χ1n) is 9.12. The van der Waals surface area contributed by atoms with Gasteiger partial charge in [0.15, 0.2) is 0 Å². The van der Waals surface area contributed by atoms with E-state index < -0.39 is 52.6 Å². The molecule has 0 aliphatic heterocycles. The predicted molar refractivity (Wildman–Crippen MR) is 112 cm³/mol. The number of hydrogen-bond donors (Lipinski definition) is 1. The van der Waals surface area contributed by atoms with Gasteiger partial charge >= 0.3 is 46.9 Å². The summed E-state index contributed by atoms with van der Waals surface area (Å²) in [5, 5.41) is 0. The minimum absolute atomic E-state index is 0. The average molecular weight is 442 g/mol. The van der Waals surface area contributed by atoms with E-state index in [1.54, 1.807) is 0 Å². The van der Waals surface area contributed by atoms with Gasteiger partial charge in [0.2, 0.25) is 5.94 Å². The number of carbonyl (C=O) groups is 3. The van der Waals surface area contributed by atoms with E-state index in [1.165, 1.54) is 13.8 Å². The van der Waals surface area contributed by atoms with Crippen LogP contribution in [-0.2, 0) is 38.7 Å². The molecule has 0 saturated heterocycles. The van der Waals surface area contributed by atoms with Crippen LogP contribution >= 0.6 is 0 Å². The van der Waals surface area contributed by atoms with Crippen molar-refractivity contribution in [3.8, 4) is 0 Å². The summed E-state index contributed by atoms with van der Waals surface area (Å²) in [6, 6.07) is 0. The first-order valence-corrected chi connectivity index (χ1v) is 10.7. The van der Waals surface area contributed by atoms with Crippen molar-refractivity contribution in [2.45, 2.75) is 52.9 Å². The van der Waals surface area contributed by atoms with Crippen molar-refractivity contribution in [1.29, 1.82) is 0 Å². The van der Waals surface area contributed by atoms with Crippen molar-refractivity contribution in [3.63, 3.8) is 0 Å². The monoisotopic (exact) mass is 442 g/mol. The number of unbranched alkanes of at least 4 members (excludes halogenated alkanes) is 3. The van der Waals surface area contributed by atoms with Crippen LogP contribution < -0.4 is 0 Å². The van der Waals surface area contributed by atoms with Crippen molar-refractivity contribution in [2.75, 3.05) is 19.2 Å². The maximum atomic E-state index is 12.7. The summed E-state index contributed by atoms with van der Waals surface area (Å²) in [6.07, 6.45) is 3.16. The van der Waals surface area contributed by atoms with Crippen LogP contribution in [0.3, 0.4) is 0 Å². The molecule has 0 radical (unpaired) electrons. The van der Waals surface area contributed by atoms with Gasteiger partial charge in [-0.05, 0) is 20.3 Å². The van der Waals surface area contributed by atoms with Crippen LogP contribution in [-0.4, -0.2) is 68.9 Å². The van der Waals surface area contributed by atoms with E-state index in [9.17, 15) is 22.8 Å². The van der Waals surface area contributed by atoms with Crippen molar-refractivity contribution >= 4 is 46.9 Å². The van der Waals surface area contributed by atoms with Gasteiger partial charge in [0.25, 0.3) is 0 Å². The van der Waals surface area contributed by atoms with Gasteiger partial charge in [0, 0.05) is 11.1 Å². The zero-order valence-corrected chi connectivity index (χ0v) is 18.0. The number of hydrogen-bond acceptors (Lipinski definition) is 8. The second-order valence-electron chi connectivity index (χ2n) is 6.94. The van der Waals surface area contributed by atoms with E-state index in [2.05, 4.69) is 13.2 Å². The molecule has 0 aromatic rings. The number of carbonyl (C=O) groups excluding carboxylic acids is 3. The molecule has 0 bridgehead atoms. The molecule has 0 spiro atoms. The van der Waals surface area contributed by atoms with Crippen molar-refractivity contribution in [2.24, 2.45) is 5.41 Å². The molecule has 1 N–H and O–H groups in total. The Balaban J connectivity index is 0. The standard InChI is InChI=1S/C19H30O9S.Li.H/c1-6-7-8-9-10-19(11-26-16(20)14(2)3,12-27-17(21)15(4)5)18(22)28-13-29(23,24)25;;/h2,4,6-13H2,1,3,5H3,(H,23,24,25);;. The first-order chi connectivity index (χ1) is 13.3. The number of rotatable bonds is 14. The molecule has 0 fully saturated rings. The molecule has 168 valence electrons. The molecule has 0 aliphatic rings. The Hall–Kier alpha value is -1.60. The molecule has 11 heteroatoms. The van der Waals surface area contributed by atoms with Gasteiger partial charge in [-0.15, -0.1) is 0 Å². The molecule has 0 saturated carbocycles. The van der Waals surface area contributed by atoms with E-state index in [-0.39, 0.29) is 36.4 Å². The molecule has 0 atom stereocenters.